The highest BCUT2D eigenvalue weighted by Gasteiger charge is 2.53. The van der Waals surface area contributed by atoms with Crippen molar-refractivity contribution >= 4 is 33.9 Å². The molecule has 2 heterocycles. The summed E-state index contributed by atoms with van der Waals surface area (Å²) in [6, 6.07) is 10.7. The van der Waals surface area contributed by atoms with E-state index >= 15 is 0 Å². The van der Waals surface area contributed by atoms with Crippen molar-refractivity contribution in [2.75, 3.05) is 11.5 Å². The van der Waals surface area contributed by atoms with Gasteiger partial charge >= 0.3 is 0 Å². The Bertz CT molecular complexity index is 1190. The summed E-state index contributed by atoms with van der Waals surface area (Å²) in [6.07, 6.45) is 1.61. The second kappa shape index (κ2) is 8.80. The number of carbonyl (C=O) groups excluding carboxylic acids is 3. The number of rotatable bonds is 7. The molecule has 1 saturated heterocycles. The molecule has 162 valence electrons. The fraction of sp³-hybridized carbons (Fsp3) is 0.174. The third-order valence-electron chi connectivity index (χ3n) is 5.03. The lowest BCUT2D eigenvalue weighted by Gasteiger charge is -2.25. The minimum atomic E-state index is -1.31. The molecule has 0 radical (unpaired) electrons. The summed E-state index contributed by atoms with van der Waals surface area (Å²) in [6.45, 7) is 5.65. The molecular weight excluding hydrogens is 433 g/mol. The maximum absolute atomic E-state index is 13.3. The predicted octanol–water partition coefficient (Wildman–Crippen LogP) is 3.71. The Morgan fingerprint density at radius 2 is 1.84 bits per heavy atom. The largest absolute Gasteiger partial charge is 0.490 e. The molecule has 3 aromatic rings. The highest BCUT2D eigenvalue weighted by molar-refractivity contribution is 7.15. The van der Waals surface area contributed by atoms with Crippen LogP contribution in [0.15, 0.2) is 61.2 Å². The number of halogens is 1. The number of carbonyl (C=O) groups is 3. The van der Waals surface area contributed by atoms with E-state index in [1.54, 1.807) is 37.3 Å². The van der Waals surface area contributed by atoms with Crippen LogP contribution in [0, 0.1) is 18.7 Å². The van der Waals surface area contributed by atoms with Crippen LogP contribution in [0.2, 0.25) is 0 Å². The molecule has 0 spiro atoms. The number of benzene rings is 2. The summed E-state index contributed by atoms with van der Waals surface area (Å²) >= 11 is 1.15. The first-order valence-electron chi connectivity index (χ1n) is 9.71. The lowest BCUT2D eigenvalue weighted by atomic mass is 9.86. The molecule has 0 aliphatic carbocycles. The van der Waals surface area contributed by atoms with Gasteiger partial charge in [0, 0.05) is 5.56 Å². The van der Waals surface area contributed by atoms with Gasteiger partial charge in [-0.25, -0.2) is 4.39 Å². The monoisotopic (exact) mass is 451 g/mol. The minimum Gasteiger partial charge on any atom is -0.490 e. The summed E-state index contributed by atoms with van der Waals surface area (Å²) < 4.78 is 18.8. The van der Waals surface area contributed by atoms with Crippen molar-refractivity contribution in [2.24, 2.45) is 5.92 Å². The van der Waals surface area contributed by atoms with Crippen molar-refractivity contribution in [3.63, 3.8) is 0 Å². The van der Waals surface area contributed by atoms with E-state index in [1.165, 1.54) is 17.0 Å². The summed E-state index contributed by atoms with van der Waals surface area (Å²) in [5.74, 6) is -3.49. The van der Waals surface area contributed by atoms with E-state index in [-0.39, 0.29) is 10.7 Å². The Morgan fingerprint density at radius 1 is 1.16 bits per heavy atom. The second-order valence-electron chi connectivity index (χ2n) is 7.11. The van der Waals surface area contributed by atoms with Gasteiger partial charge in [0.2, 0.25) is 10.9 Å². The number of ketones is 2. The van der Waals surface area contributed by atoms with Crippen LogP contribution in [0.1, 0.15) is 27.0 Å². The molecule has 7 nitrogen and oxygen atoms in total. The van der Waals surface area contributed by atoms with Crippen LogP contribution in [0.5, 0.6) is 5.75 Å². The first-order valence-corrected chi connectivity index (χ1v) is 10.5. The van der Waals surface area contributed by atoms with Crippen LogP contribution in [-0.4, -0.2) is 34.3 Å². The van der Waals surface area contributed by atoms with E-state index in [0.29, 0.717) is 22.9 Å². The molecular formula is C23H18FN3O4S. The highest BCUT2D eigenvalue weighted by Crippen LogP contribution is 2.42. The molecule has 1 aromatic heterocycles. The van der Waals surface area contributed by atoms with Gasteiger partial charge in [0.25, 0.3) is 5.91 Å². The summed E-state index contributed by atoms with van der Waals surface area (Å²) in [5, 5.41) is 8.80. The number of aromatic nitrogens is 2. The van der Waals surface area contributed by atoms with Crippen LogP contribution in [0.25, 0.3) is 0 Å². The van der Waals surface area contributed by atoms with Gasteiger partial charge in [-0.1, -0.05) is 36.1 Å². The molecule has 32 heavy (non-hydrogen) atoms. The van der Waals surface area contributed by atoms with Crippen LogP contribution in [0.4, 0.5) is 9.52 Å². The predicted molar refractivity (Wildman–Crippen MR) is 116 cm³/mol. The van der Waals surface area contributed by atoms with Crippen LogP contribution < -0.4 is 9.64 Å². The molecule has 2 aromatic carbocycles. The first kappa shape index (κ1) is 21.5. The van der Waals surface area contributed by atoms with Crippen molar-refractivity contribution < 1.29 is 23.5 Å². The SMILES string of the molecule is C=CCOc1ccc(C2C(C(=O)c3ccc(F)cc3)C(=O)C(=O)N2c2nnc(C)s2)cc1. The number of ether oxygens (including phenoxy) is 1. The van der Waals surface area contributed by atoms with Gasteiger partial charge in [-0.05, 0) is 48.9 Å². The van der Waals surface area contributed by atoms with Gasteiger partial charge in [0.05, 0.1) is 6.04 Å². The zero-order valence-corrected chi connectivity index (χ0v) is 17.8. The molecule has 0 bridgehead atoms. The van der Waals surface area contributed by atoms with Gasteiger partial charge in [-0.15, -0.1) is 10.2 Å². The number of hydrogen-bond donors (Lipinski definition) is 0. The molecule has 2 atom stereocenters. The quantitative estimate of drug-likeness (QED) is 0.236. The third-order valence-corrected chi connectivity index (χ3v) is 5.87. The van der Waals surface area contributed by atoms with Crippen LogP contribution >= 0.6 is 11.3 Å². The standard InChI is InChI=1S/C23H18FN3O4S/c1-3-12-31-17-10-6-14(7-11-17)19-18(20(28)15-4-8-16(24)9-5-15)21(29)22(30)27(19)23-26-25-13(2)32-23/h3-11,18-19H,1,12H2,2H3. The molecule has 0 N–H and O–H groups in total. The summed E-state index contributed by atoms with van der Waals surface area (Å²) in [5.41, 5.74) is 0.701. The van der Waals surface area contributed by atoms with Crippen molar-refractivity contribution in [3.05, 3.63) is 83.1 Å². The summed E-state index contributed by atoms with van der Waals surface area (Å²) in [7, 11) is 0. The number of amides is 1. The van der Waals surface area contributed by atoms with Crippen molar-refractivity contribution in [2.45, 2.75) is 13.0 Å². The topological polar surface area (TPSA) is 89.5 Å². The van der Waals surface area contributed by atoms with E-state index < -0.39 is 35.3 Å². The highest BCUT2D eigenvalue weighted by atomic mass is 32.1. The van der Waals surface area contributed by atoms with Crippen LogP contribution in [-0.2, 0) is 9.59 Å². The Hall–Kier alpha value is -3.72. The average molecular weight is 451 g/mol. The lowest BCUT2D eigenvalue weighted by molar-refractivity contribution is -0.135. The number of aryl methyl sites for hydroxylation is 1. The first-order chi connectivity index (χ1) is 15.4. The lowest BCUT2D eigenvalue weighted by Crippen LogP contribution is -2.30. The van der Waals surface area contributed by atoms with Gasteiger partial charge in [0.1, 0.15) is 29.1 Å². The Balaban J connectivity index is 1.78. The number of hydrogen-bond acceptors (Lipinski definition) is 7. The number of nitrogens with zero attached hydrogens (tertiary/aromatic N) is 3. The van der Waals surface area contributed by atoms with E-state index in [0.717, 1.165) is 23.5 Å². The van der Waals surface area contributed by atoms with Crippen LogP contribution in [0.3, 0.4) is 0 Å². The van der Waals surface area contributed by atoms with Gasteiger partial charge < -0.3 is 4.74 Å². The molecule has 1 fully saturated rings. The van der Waals surface area contributed by atoms with E-state index in [2.05, 4.69) is 16.8 Å². The minimum absolute atomic E-state index is 0.142. The van der Waals surface area contributed by atoms with E-state index in [4.69, 9.17) is 4.74 Å². The normalized spacial score (nSPS) is 18.1. The molecule has 9 heteroatoms. The Kier molecular flexibility index (Phi) is 5.91. The maximum atomic E-state index is 13.3. The molecule has 1 amide bonds. The fourth-order valence-corrected chi connectivity index (χ4v) is 4.30. The second-order valence-corrected chi connectivity index (χ2v) is 8.27. The van der Waals surface area contributed by atoms with Gasteiger partial charge in [0.15, 0.2) is 5.78 Å². The van der Waals surface area contributed by atoms with E-state index in [9.17, 15) is 18.8 Å². The molecule has 2 unspecified atom stereocenters. The van der Waals surface area contributed by atoms with E-state index in [1.807, 2.05) is 0 Å². The molecule has 1 aliphatic rings. The Morgan fingerprint density at radius 3 is 2.44 bits per heavy atom. The number of Topliss-reactive ketones (excluding diaryl/α,β-unsaturated/α-hetero) is 2. The third kappa shape index (κ3) is 3.94. The zero-order valence-electron chi connectivity index (χ0n) is 17.0. The van der Waals surface area contributed by atoms with Crippen molar-refractivity contribution in [1.82, 2.24) is 10.2 Å². The Labute approximate surface area is 187 Å². The van der Waals surface area contributed by atoms with Crippen molar-refractivity contribution in [3.8, 4) is 5.75 Å². The van der Waals surface area contributed by atoms with Gasteiger partial charge in [-0.3, -0.25) is 19.3 Å². The van der Waals surface area contributed by atoms with Gasteiger partial charge in [-0.2, -0.15) is 0 Å². The molecule has 4 rings (SSSR count). The average Bonchev–Trinajstić information content (AvgIpc) is 3.33. The van der Waals surface area contributed by atoms with Crippen molar-refractivity contribution in [1.29, 1.82) is 0 Å². The molecule has 0 saturated carbocycles. The summed E-state index contributed by atoms with van der Waals surface area (Å²) in [4.78, 5) is 40.5. The maximum Gasteiger partial charge on any atom is 0.297 e. The fourth-order valence-electron chi connectivity index (χ4n) is 3.57. The smallest absolute Gasteiger partial charge is 0.297 e. The molecule has 1 aliphatic heterocycles. The number of anilines is 1. The zero-order chi connectivity index (χ0) is 22.8.